The van der Waals surface area contributed by atoms with Crippen molar-refractivity contribution in [1.29, 1.82) is 0 Å². The molecule has 1 aliphatic rings. The van der Waals surface area contributed by atoms with Crippen molar-refractivity contribution in [3.05, 3.63) is 35.9 Å². The van der Waals surface area contributed by atoms with Crippen LogP contribution in [0.4, 0.5) is 4.79 Å². The monoisotopic (exact) mass is 832 g/mol. The lowest BCUT2D eigenvalue weighted by molar-refractivity contribution is -0.231. The minimum atomic E-state index is -1.53. The molecule has 1 saturated heterocycles. The highest BCUT2D eigenvalue weighted by Gasteiger charge is 2.48. The number of unbranched alkanes of at least 4 members (excludes halogenated alkanes) is 25. The number of nitrogens with zero attached hydrogens (tertiary/aromatic N) is 1. The number of hydrogen-bond acceptors (Lipinski definition) is 8. The van der Waals surface area contributed by atoms with Gasteiger partial charge in [0.2, 0.25) is 11.8 Å². The SMILES string of the molecule is CCCCCCCCCCCCCCCCCCN(C(=O)CCCCCCCCCCCCC)[C@@H]1O[C@H](CO)[C@H](O)[C@H](O)[C@H]1NC(=O)CNC(=O)OCc1ccccc1. The van der Waals surface area contributed by atoms with Crippen LogP contribution in [0.1, 0.15) is 199 Å². The van der Waals surface area contributed by atoms with Crippen LogP contribution in [0.3, 0.4) is 0 Å². The molecule has 0 aromatic heterocycles. The number of aliphatic hydroxyl groups is 3. The van der Waals surface area contributed by atoms with Gasteiger partial charge in [0.05, 0.1) is 6.61 Å². The summed E-state index contributed by atoms with van der Waals surface area (Å²) in [5.74, 6) is -0.789. The molecule has 1 heterocycles. The highest BCUT2D eigenvalue weighted by molar-refractivity contribution is 5.82. The summed E-state index contributed by atoms with van der Waals surface area (Å²) in [5, 5.41) is 37.3. The van der Waals surface area contributed by atoms with Gasteiger partial charge in [-0.2, -0.15) is 0 Å². The summed E-state index contributed by atoms with van der Waals surface area (Å²) in [4.78, 5) is 41.0. The maximum atomic E-state index is 14.0. The summed E-state index contributed by atoms with van der Waals surface area (Å²) < 4.78 is 11.3. The van der Waals surface area contributed by atoms with Crippen LogP contribution < -0.4 is 10.6 Å². The Labute approximate surface area is 358 Å². The second-order valence-corrected chi connectivity index (χ2v) is 16.9. The van der Waals surface area contributed by atoms with Gasteiger partial charge in [-0.05, 0) is 18.4 Å². The highest BCUT2D eigenvalue weighted by Crippen LogP contribution is 2.26. The lowest BCUT2D eigenvalue weighted by Crippen LogP contribution is -2.69. The molecule has 3 amide bonds. The molecule has 0 unspecified atom stereocenters. The third-order valence-electron chi connectivity index (χ3n) is 11.7. The molecule has 11 heteroatoms. The van der Waals surface area contributed by atoms with Crippen molar-refractivity contribution in [1.82, 2.24) is 15.5 Å². The minimum absolute atomic E-state index is 0.0375. The third kappa shape index (κ3) is 24.3. The highest BCUT2D eigenvalue weighted by atomic mass is 16.6. The Morgan fingerprint density at radius 2 is 1.10 bits per heavy atom. The van der Waals surface area contributed by atoms with Crippen LogP contribution >= 0.6 is 0 Å². The predicted molar refractivity (Wildman–Crippen MR) is 237 cm³/mol. The van der Waals surface area contributed by atoms with Crippen LogP contribution in [0.5, 0.6) is 0 Å². The van der Waals surface area contributed by atoms with Crippen molar-refractivity contribution in [2.45, 2.75) is 231 Å². The number of rotatable bonds is 36. The van der Waals surface area contributed by atoms with E-state index in [4.69, 9.17) is 9.47 Å². The molecule has 2 rings (SSSR count). The van der Waals surface area contributed by atoms with Gasteiger partial charge in [-0.3, -0.25) is 9.59 Å². The van der Waals surface area contributed by atoms with Gasteiger partial charge in [0.1, 0.15) is 37.5 Å². The van der Waals surface area contributed by atoms with Crippen LogP contribution in [-0.2, 0) is 25.7 Å². The molecule has 1 aromatic rings. The molecule has 1 aromatic carbocycles. The Kier molecular flexibility index (Phi) is 31.0. The normalized spacial score (nSPS) is 19.0. The van der Waals surface area contributed by atoms with E-state index < -0.39 is 55.7 Å². The zero-order valence-corrected chi connectivity index (χ0v) is 37.2. The fourth-order valence-electron chi connectivity index (χ4n) is 7.99. The van der Waals surface area contributed by atoms with Crippen LogP contribution in [-0.4, -0.2) is 88.4 Å². The van der Waals surface area contributed by atoms with Gasteiger partial charge in [-0.15, -0.1) is 0 Å². The van der Waals surface area contributed by atoms with Crippen molar-refractivity contribution in [2.24, 2.45) is 0 Å². The smallest absolute Gasteiger partial charge is 0.407 e. The summed E-state index contributed by atoms with van der Waals surface area (Å²) in [7, 11) is 0. The fraction of sp³-hybridized carbons (Fsp3) is 0.812. The largest absolute Gasteiger partial charge is 0.445 e. The zero-order valence-electron chi connectivity index (χ0n) is 37.2. The molecule has 11 nitrogen and oxygen atoms in total. The van der Waals surface area contributed by atoms with Gasteiger partial charge in [0.25, 0.3) is 0 Å². The number of benzene rings is 1. The molecule has 5 atom stereocenters. The summed E-state index contributed by atoms with van der Waals surface area (Å²) in [5.41, 5.74) is 0.798. The number of carbonyl (C=O) groups is 3. The van der Waals surface area contributed by atoms with E-state index in [0.29, 0.717) is 13.0 Å². The molecule has 0 saturated carbocycles. The molecule has 59 heavy (non-hydrogen) atoms. The van der Waals surface area contributed by atoms with E-state index in [9.17, 15) is 29.7 Å². The van der Waals surface area contributed by atoms with Gasteiger partial charge >= 0.3 is 6.09 Å². The van der Waals surface area contributed by atoms with Gasteiger partial charge in [0.15, 0.2) is 6.23 Å². The summed E-state index contributed by atoms with van der Waals surface area (Å²) >= 11 is 0. The third-order valence-corrected chi connectivity index (χ3v) is 11.7. The molecular formula is C48H85N3O8. The van der Waals surface area contributed by atoms with Gasteiger partial charge in [-0.1, -0.05) is 205 Å². The molecule has 340 valence electrons. The second kappa shape index (κ2) is 34.9. The first kappa shape index (κ1) is 52.4. The summed E-state index contributed by atoms with van der Waals surface area (Å²) in [6.45, 7) is 3.88. The number of hydrogen-bond donors (Lipinski definition) is 5. The first-order valence-corrected chi connectivity index (χ1v) is 24.0. The lowest BCUT2D eigenvalue weighted by Gasteiger charge is -2.47. The number of amides is 3. The number of nitrogens with one attached hydrogen (secondary N) is 2. The van der Waals surface area contributed by atoms with Gasteiger partial charge in [-0.25, -0.2) is 4.79 Å². The number of carbonyl (C=O) groups excluding carboxylic acids is 3. The van der Waals surface area contributed by atoms with Crippen molar-refractivity contribution in [2.75, 3.05) is 19.7 Å². The molecule has 0 radical (unpaired) electrons. The van der Waals surface area contributed by atoms with E-state index >= 15 is 0 Å². The predicted octanol–water partition coefficient (Wildman–Crippen LogP) is 9.63. The van der Waals surface area contributed by atoms with Crippen molar-refractivity contribution < 1.29 is 39.2 Å². The fourth-order valence-corrected chi connectivity index (χ4v) is 7.99. The van der Waals surface area contributed by atoms with E-state index in [1.165, 1.54) is 122 Å². The average molecular weight is 832 g/mol. The second-order valence-electron chi connectivity index (χ2n) is 16.9. The number of alkyl carbamates (subject to hydrolysis) is 1. The first-order chi connectivity index (χ1) is 28.8. The van der Waals surface area contributed by atoms with Crippen LogP contribution in [0.15, 0.2) is 30.3 Å². The topological polar surface area (TPSA) is 158 Å². The van der Waals surface area contributed by atoms with E-state index in [2.05, 4.69) is 24.5 Å². The van der Waals surface area contributed by atoms with Crippen molar-refractivity contribution in [3.63, 3.8) is 0 Å². The molecule has 0 bridgehead atoms. The Bertz CT molecular complexity index is 1190. The molecule has 5 N–H and O–H groups in total. The van der Waals surface area contributed by atoms with Gasteiger partial charge in [0, 0.05) is 13.0 Å². The molecular weight excluding hydrogens is 747 g/mol. The molecule has 0 aliphatic carbocycles. The van der Waals surface area contributed by atoms with Gasteiger partial charge < -0.3 is 40.3 Å². The minimum Gasteiger partial charge on any atom is -0.445 e. The van der Waals surface area contributed by atoms with Crippen molar-refractivity contribution >= 4 is 17.9 Å². The summed E-state index contributed by atoms with van der Waals surface area (Å²) in [6, 6.07) is 7.98. The Balaban J connectivity index is 1.92. The molecule has 0 spiro atoms. The Morgan fingerprint density at radius 1 is 0.644 bits per heavy atom. The van der Waals surface area contributed by atoms with E-state index in [1.54, 1.807) is 4.90 Å². The molecule has 1 fully saturated rings. The van der Waals surface area contributed by atoms with Crippen LogP contribution in [0, 0.1) is 0 Å². The maximum absolute atomic E-state index is 14.0. The van der Waals surface area contributed by atoms with Crippen LogP contribution in [0.2, 0.25) is 0 Å². The number of ether oxygens (including phenoxy) is 2. The van der Waals surface area contributed by atoms with E-state index in [1.807, 2.05) is 30.3 Å². The molecule has 1 aliphatic heterocycles. The standard InChI is InChI=1S/C48H85N3O8/c1-3-5-7-9-11-13-15-16-17-18-19-21-23-25-27-32-36-51(43(54)35-31-26-24-22-20-14-12-10-8-6-4-2)47-44(46(56)45(55)41(38-52)59-47)50-42(53)37-49-48(57)58-39-40-33-29-28-30-34-40/h28-30,33-34,41,44-47,52,55-56H,3-27,31-32,35-39H2,1-2H3,(H,49,57)(H,50,53)/t41-,44-,45+,46-,47-/m1/s1. The first-order valence-electron chi connectivity index (χ1n) is 24.0. The number of aliphatic hydroxyl groups excluding tert-OH is 3. The lowest BCUT2D eigenvalue weighted by atomic mass is 9.94. The zero-order chi connectivity index (χ0) is 42.8. The van der Waals surface area contributed by atoms with E-state index in [-0.39, 0.29) is 12.5 Å². The Morgan fingerprint density at radius 3 is 1.58 bits per heavy atom. The average Bonchev–Trinajstić information content (AvgIpc) is 3.24. The van der Waals surface area contributed by atoms with E-state index in [0.717, 1.165) is 56.9 Å². The summed E-state index contributed by atoms with van der Waals surface area (Å²) in [6.07, 6.45) is 26.8. The Hall–Kier alpha value is -2.73. The van der Waals surface area contributed by atoms with Crippen LogP contribution in [0.25, 0.3) is 0 Å². The quantitative estimate of drug-likeness (QED) is 0.0419. The van der Waals surface area contributed by atoms with Crippen molar-refractivity contribution in [3.8, 4) is 0 Å². The maximum Gasteiger partial charge on any atom is 0.407 e.